The molecular weight excluding hydrogens is 278 g/mol. The summed E-state index contributed by atoms with van der Waals surface area (Å²) in [6.07, 6.45) is 3.03. The maximum atomic E-state index is 10.9. The average Bonchev–Trinajstić information content (AvgIpc) is 2.44. The van der Waals surface area contributed by atoms with Gasteiger partial charge in [0.15, 0.2) is 0 Å². The van der Waals surface area contributed by atoms with Gasteiger partial charge >= 0.3 is 0 Å². The molecule has 0 aromatic rings. The van der Waals surface area contributed by atoms with Crippen LogP contribution in [0, 0.1) is 0 Å². The molecule has 0 rings (SSSR count). The first kappa shape index (κ1) is 19.7. The lowest BCUT2D eigenvalue weighted by Crippen LogP contribution is -2.25. The molecule has 0 aromatic carbocycles. The van der Waals surface area contributed by atoms with Crippen LogP contribution in [0.5, 0.6) is 0 Å². The molecule has 0 aliphatic heterocycles. The molecule has 1 unspecified atom stereocenters. The van der Waals surface area contributed by atoms with Crippen molar-refractivity contribution in [3.8, 4) is 0 Å². The predicted octanol–water partition coefficient (Wildman–Crippen LogP) is 1.66. The van der Waals surface area contributed by atoms with E-state index in [-0.39, 0.29) is 17.8 Å². The van der Waals surface area contributed by atoms with Crippen LogP contribution in [0.15, 0.2) is 0 Å². The first-order valence-corrected chi connectivity index (χ1v) is 7.98. The summed E-state index contributed by atoms with van der Waals surface area (Å²) in [5, 5.41) is 2.76. The molecular formula is C14H29NO4S. The van der Waals surface area contributed by atoms with Crippen LogP contribution in [-0.2, 0) is 19.0 Å². The van der Waals surface area contributed by atoms with Crippen LogP contribution >= 0.6 is 12.6 Å². The maximum absolute atomic E-state index is 10.9. The highest BCUT2D eigenvalue weighted by Gasteiger charge is 2.00. The van der Waals surface area contributed by atoms with Crippen molar-refractivity contribution in [3.05, 3.63) is 0 Å². The minimum absolute atomic E-state index is 0.0241. The smallest absolute Gasteiger partial charge is 0.229 e. The van der Waals surface area contributed by atoms with Gasteiger partial charge in [0.05, 0.1) is 25.1 Å². The molecule has 0 aliphatic carbocycles. The molecule has 0 saturated carbocycles. The first-order chi connectivity index (χ1) is 9.70. The number of carbonyl (C=O) groups excluding carboxylic acids is 1. The third kappa shape index (κ3) is 14.1. The van der Waals surface area contributed by atoms with E-state index in [1.54, 1.807) is 0 Å². The summed E-state index contributed by atoms with van der Waals surface area (Å²) in [6.45, 7) is 8.13. The highest BCUT2D eigenvalue weighted by Crippen LogP contribution is 1.97. The zero-order valence-corrected chi connectivity index (χ0v) is 13.6. The molecule has 0 aromatic heterocycles. The van der Waals surface area contributed by atoms with Crippen LogP contribution in [0.1, 0.15) is 33.1 Å². The topological polar surface area (TPSA) is 56.8 Å². The van der Waals surface area contributed by atoms with Gasteiger partial charge in [-0.1, -0.05) is 0 Å². The van der Waals surface area contributed by atoms with Crippen LogP contribution in [0.4, 0.5) is 0 Å². The van der Waals surface area contributed by atoms with Gasteiger partial charge in [0.25, 0.3) is 0 Å². The van der Waals surface area contributed by atoms with Gasteiger partial charge in [-0.3, -0.25) is 4.79 Å². The summed E-state index contributed by atoms with van der Waals surface area (Å²) in [5.41, 5.74) is 0. The molecule has 0 heterocycles. The van der Waals surface area contributed by atoms with E-state index in [2.05, 4.69) is 24.9 Å². The SMILES string of the molecule is CCOC(C)CCOCCOCCCCNC(=O)CS. The predicted molar refractivity (Wildman–Crippen MR) is 83.4 cm³/mol. The fraction of sp³-hybridized carbons (Fsp3) is 0.929. The number of amides is 1. The molecule has 120 valence electrons. The summed E-state index contributed by atoms with van der Waals surface area (Å²) < 4.78 is 16.3. The van der Waals surface area contributed by atoms with E-state index in [0.717, 1.165) is 25.9 Å². The van der Waals surface area contributed by atoms with Crippen LogP contribution in [-0.4, -0.2) is 57.3 Å². The van der Waals surface area contributed by atoms with Gasteiger partial charge in [0.2, 0.25) is 5.91 Å². The molecule has 0 saturated heterocycles. The first-order valence-electron chi connectivity index (χ1n) is 7.35. The number of carbonyl (C=O) groups is 1. The van der Waals surface area contributed by atoms with Crippen LogP contribution < -0.4 is 5.32 Å². The second-order valence-electron chi connectivity index (χ2n) is 4.49. The van der Waals surface area contributed by atoms with Crippen LogP contribution in [0.2, 0.25) is 0 Å². The Morgan fingerprint density at radius 2 is 1.85 bits per heavy atom. The number of rotatable bonds is 14. The maximum Gasteiger partial charge on any atom is 0.229 e. The van der Waals surface area contributed by atoms with Gasteiger partial charge in [-0.25, -0.2) is 0 Å². The molecule has 1 N–H and O–H groups in total. The Balaban J connectivity index is 3.08. The summed E-state index contributed by atoms with van der Waals surface area (Å²) in [6, 6.07) is 0. The van der Waals surface area contributed by atoms with E-state index in [1.807, 2.05) is 6.92 Å². The monoisotopic (exact) mass is 307 g/mol. The fourth-order valence-electron chi connectivity index (χ4n) is 1.55. The molecule has 0 aliphatic rings. The van der Waals surface area contributed by atoms with E-state index in [0.29, 0.717) is 33.0 Å². The minimum atomic E-state index is -0.0241. The zero-order chi connectivity index (χ0) is 15.1. The second-order valence-corrected chi connectivity index (χ2v) is 4.81. The van der Waals surface area contributed by atoms with Crippen molar-refractivity contribution in [2.45, 2.75) is 39.2 Å². The third-order valence-corrected chi connectivity index (χ3v) is 2.96. The summed E-state index contributed by atoms with van der Waals surface area (Å²) in [7, 11) is 0. The average molecular weight is 307 g/mol. The summed E-state index contributed by atoms with van der Waals surface area (Å²) >= 11 is 3.88. The lowest BCUT2D eigenvalue weighted by atomic mass is 10.3. The zero-order valence-electron chi connectivity index (χ0n) is 12.7. The van der Waals surface area contributed by atoms with Crippen molar-refractivity contribution >= 4 is 18.5 Å². The molecule has 0 spiro atoms. The fourth-order valence-corrected chi connectivity index (χ4v) is 1.66. The number of hydrogen-bond donors (Lipinski definition) is 2. The Morgan fingerprint density at radius 1 is 1.15 bits per heavy atom. The molecule has 0 radical (unpaired) electrons. The lowest BCUT2D eigenvalue weighted by Gasteiger charge is -2.11. The van der Waals surface area contributed by atoms with Crippen LogP contribution in [0.3, 0.4) is 0 Å². The largest absolute Gasteiger partial charge is 0.379 e. The quantitative estimate of drug-likeness (QED) is 0.378. The number of nitrogens with one attached hydrogen (secondary N) is 1. The van der Waals surface area contributed by atoms with Crippen molar-refractivity contribution in [3.63, 3.8) is 0 Å². The molecule has 1 atom stereocenters. The molecule has 5 nitrogen and oxygen atoms in total. The highest BCUT2D eigenvalue weighted by molar-refractivity contribution is 7.81. The lowest BCUT2D eigenvalue weighted by molar-refractivity contribution is -0.118. The molecule has 0 fully saturated rings. The van der Waals surface area contributed by atoms with E-state index >= 15 is 0 Å². The van der Waals surface area contributed by atoms with Crippen LogP contribution in [0.25, 0.3) is 0 Å². The number of unbranched alkanes of at least 4 members (excludes halogenated alkanes) is 1. The van der Waals surface area contributed by atoms with Crippen molar-refractivity contribution in [1.29, 1.82) is 0 Å². The van der Waals surface area contributed by atoms with E-state index < -0.39 is 0 Å². The van der Waals surface area contributed by atoms with E-state index in [1.165, 1.54) is 0 Å². The van der Waals surface area contributed by atoms with Crippen molar-refractivity contribution in [2.24, 2.45) is 0 Å². The van der Waals surface area contributed by atoms with Gasteiger partial charge in [-0.15, -0.1) is 0 Å². The Kier molecular flexibility index (Phi) is 14.9. The molecule has 6 heteroatoms. The number of ether oxygens (including phenoxy) is 3. The Morgan fingerprint density at radius 3 is 2.50 bits per heavy atom. The van der Waals surface area contributed by atoms with Crippen molar-refractivity contribution < 1.29 is 19.0 Å². The Bertz CT molecular complexity index is 229. The Hall–Kier alpha value is -0.300. The molecule has 1 amide bonds. The van der Waals surface area contributed by atoms with Gasteiger partial charge in [0.1, 0.15) is 0 Å². The van der Waals surface area contributed by atoms with Gasteiger partial charge in [0, 0.05) is 26.4 Å². The normalized spacial score (nSPS) is 12.3. The van der Waals surface area contributed by atoms with Gasteiger partial charge in [-0.05, 0) is 33.1 Å². The minimum Gasteiger partial charge on any atom is -0.379 e. The number of thiol groups is 1. The third-order valence-electron chi connectivity index (χ3n) is 2.67. The van der Waals surface area contributed by atoms with Gasteiger partial charge < -0.3 is 19.5 Å². The summed E-state index contributed by atoms with van der Waals surface area (Å²) in [5.74, 6) is 0.222. The molecule has 0 bridgehead atoms. The number of hydrogen-bond acceptors (Lipinski definition) is 5. The second kappa shape index (κ2) is 15.1. The van der Waals surface area contributed by atoms with Gasteiger partial charge in [-0.2, -0.15) is 12.6 Å². The highest BCUT2D eigenvalue weighted by atomic mass is 32.1. The summed E-state index contributed by atoms with van der Waals surface area (Å²) in [4.78, 5) is 10.9. The van der Waals surface area contributed by atoms with E-state index in [9.17, 15) is 4.79 Å². The van der Waals surface area contributed by atoms with E-state index in [4.69, 9.17) is 14.2 Å². The standard InChI is InChI=1S/C14H29NO4S/c1-3-19-13(2)6-9-18-11-10-17-8-5-4-7-15-14(16)12-20/h13,20H,3-12H2,1-2H3,(H,15,16). The Labute approximate surface area is 128 Å². The van der Waals surface area contributed by atoms with Crippen molar-refractivity contribution in [1.82, 2.24) is 5.32 Å². The molecule has 20 heavy (non-hydrogen) atoms. The van der Waals surface area contributed by atoms with Crippen molar-refractivity contribution in [2.75, 3.05) is 45.3 Å².